The van der Waals surface area contributed by atoms with Gasteiger partial charge in [0, 0.05) is 11.8 Å². The van der Waals surface area contributed by atoms with Gasteiger partial charge < -0.3 is 15.1 Å². The van der Waals surface area contributed by atoms with E-state index in [4.69, 9.17) is 16.6 Å². The summed E-state index contributed by atoms with van der Waals surface area (Å²) in [6, 6.07) is 16.0. The van der Waals surface area contributed by atoms with E-state index in [2.05, 4.69) is 27.9 Å². The lowest BCUT2D eigenvalue weighted by atomic mass is 10.2. The molecule has 6 heteroatoms. The molecule has 3 aromatic rings. The van der Waals surface area contributed by atoms with E-state index in [-0.39, 0.29) is 0 Å². The van der Waals surface area contributed by atoms with Crippen LogP contribution in [0.1, 0.15) is 17.0 Å². The maximum atomic E-state index is 5.28. The van der Waals surface area contributed by atoms with Gasteiger partial charge in [0.05, 0.1) is 19.4 Å². The van der Waals surface area contributed by atoms with Crippen LogP contribution in [0.2, 0.25) is 0 Å². The Labute approximate surface area is 140 Å². The zero-order valence-corrected chi connectivity index (χ0v) is 13.6. The number of benzene rings is 1. The number of rotatable bonds is 5. The highest BCUT2D eigenvalue weighted by atomic mass is 32.1. The summed E-state index contributed by atoms with van der Waals surface area (Å²) < 4.78 is 7.21. The largest absolute Gasteiger partial charge is 0.467 e. The molecule has 2 N–H and O–H groups in total. The normalized spacial score (nSPS) is 10.5. The number of nitrogens with zero attached hydrogens (tertiary/aromatic N) is 2. The fourth-order valence-electron chi connectivity index (χ4n) is 2.23. The molecule has 23 heavy (non-hydrogen) atoms. The van der Waals surface area contributed by atoms with E-state index in [1.165, 1.54) is 5.56 Å². The summed E-state index contributed by atoms with van der Waals surface area (Å²) in [4.78, 5) is 0. The number of thiocarbonyl (C=S) groups is 1. The molecular weight excluding hydrogens is 308 g/mol. The fraction of sp³-hybridized carbons (Fsp3) is 0.176. The van der Waals surface area contributed by atoms with Gasteiger partial charge >= 0.3 is 0 Å². The Bertz CT molecular complexity index is 765. The highest BCUT2D eigenvalue weighted by Gasteiger charge is 2.07. The first-order valence-corrected chi connectivity index (χ1v) is 7.77. The molecule has 0 aliphatic heterocycles. The van der Waals surface area contributed by atoms with Crippen LogP contribution in [0.4, 0.5) is 5.82 Å². The number of anilines is 1. The van der Waals surface area contributed by atoms with E-state index in [1.54, 1.807) is 6.26 Å². The summed E-state index contributed by atoms with van der Waals surface area (Å²) in [5.74, 6) is 1.57. The molecule has 0 saturated carbocycles. The van der Waals surface area contributed by atoms with Crippen molar-refractivity contribution in [2.24, 2.45) is 0 Å². The maximum absolute atomic E-state index is 5.28. The number of aryl methyl sites for hydroxylation is 1. The Morgan fingerprint density at radius 3 is 2.78 bits per heavy atom. The molecule has 0 saturated heterocycles. The van der Waals surface area contributed by atoms with Gasteiger partial charge in [0.15, 0.2) is 10.9 Å². The van der Waals surface area contributed by atoms with Crippen molar-refractivity contribution in [3.63, 3.8) is 0 Å². The molecule has 2 aromatic heterocycles. The first kappa shape index (κ1) is 15.3. The second-order valence-corrected chi connectivity index (χ2v) is 5.61. The molecule has 0 unspecified atom stereocenters. The quantitative estimate of drug-likeness (QED) is 0.705. The van der Waals surface area contributed by atoms with E-state index >= 15 is 0 Å². The van der Waals surface area contributed by atoms with Gasteiger partial charge in [0.2, 0.25) is 0 Å². The van der Waals surface area contributed by atoms with Gasteiger partial charge in [-0.1, -0.05) is 30.3 Å². The first-order valence-electron chi connectivity index (χ1n) is 7.36. The number of hydrogen-bond donors (Lipinski definition) is 2. The van der Waals surface area contributed by atoms with Crippen molar-refractivity contribution in [1.29, 1.82) is 0 Å². The molecule has 0 aliphatic carbocycles. The average molecular weight is 326 g/mol. The summed E-state index contributed by atoms with van der Waals surface area (Å²) >= 11 is 5.28. The second kappa shape index (κ2) is 7.11. The minimum Gasteiger partial charge on any atom is -0.467 e. The highest BCUT2D eigenvalue weighted by Crippen LogP contribution is 2.11. The number of nitrogens with one attached hydrogen (secondary N) is 2. The lowest BCUT2D eigenvalue weighted by molar-refractivity contribution is 0.503. The second-order valence-electron chi connectivity index (χ2n) is 5.20. The summed E-state index contributed by atoms with van der Waals surface area (Å²) in [6.07, 6.45) is 1.64. The van der Waals surface area contributed by atoms with Gasteiger partial charge in [-0.3, -0.25) is 4.68 Å². The van der Waals surface area contributed by atoms with Crippen LogP contribution in [0.3, 0.4) is 0 Å². The zero-order chi connectivity index (χ0) is 16.1. The highest BCUT2D eigenvalue weighted by molar-refractivity contribution is 7.80. The predicted octanol–water partition coefficient (Wildman–Crippen LogP) is 3.32. The van der Waals surface area contributed by atoms with E-state index in [0.29, 0.717) is 11.7 Å². The lowest BCUT2D eigenvalue weighted by Gasteiger charge is -2.07. The summed E-state index contributed by atoms with van der Waals surface area (Å²) in [5.41, 5.74) is 2.29. The van der Waals surface area contributed by atoms with E-state index in [9.17, 15) is 0 Å². The van der Waals surface area contributed by atoms with Crippen LogP contribution in [0, 0.1) is 6.92 Å². The number of furan rings is 1. The van der Waals surface area contributed by atoms with Crippen LogP contribution in [0.15, 0.2) is 59.2 Å². The van der Waals surface area contributed by atoms with E-state index in [0.717, 1.165) is 23.8 Å². The number of aromatic nitrogens is 2. The van der Waals surface area contributed by atoms with E-state index in [1.807, 2.05) is 48.0 Å². The Morgan fingerprint density at radius 1 is 1.22 bits per heavy atom. The smallest absolute Gasteiger partial charge is 0.172 e. The first-order chi connectivity index (χ1) is 11.2. The fourth-order valence-corrected chi connectivity index (χ4v) is 2.41. The Kier molecular flexibility index (Phi) is 4.73. The average Bonchev–Trinajstić information content (AvgIpc) is 3.17. The van der Waals surface area contributed by atoms with Crippen molar-refractivity contribution in [3.05, 3.63) is 71.8 Å². The van der Waals surface area contributed by atoms with Gasteiger partial charge in [0.25, 0.3) is 0 Å². The van der Waals surface area contributed by atoms with Gasteiger partial charge in [-0.15, -0.1) is 0 Å². The summed E-state index contributed by atoms with van der Waals surface area (Å²) in [7, 11) is 0. The monoisotopic (exact) mass is 326 g/mol. The lowest BCUT2D eigenvalue weighted by Crippen LogP contribution is -2.27. The van der Waals surface area contributed by atoms with Crippen molar-refractivity contribution >= 4 is 23.1 Å². The van der Waals surface area contributed by atoms with Crippen molar-refractivity contribution in [2.75, 3.05) is 5.32 Å². The molecule has 0 radical (unpaired) electrons. The Morgan fingerprint density at radius 2 is 2.04 bits per heavy atom. The molecule has 2 heterocycles. The molecule has 3 rings (SSSR count). The van der Waals surface area contributed by atoms with Crippen molar-refractivity contribution in [3.8, 4) is 0 Å². The molecule has 1 aromatic carbocycles. The van der Waals surface area contributed by atoms with Crippen LogP contribution < -0.4 is 10.6 Å². The molecule has 0 spiro atoms. The minimum atomic E-state index is 0.519. The molecule has 0 aliphatic rings. The van der Waals surface area contributed by atoms with Crippen LogP contribution in [-0.2, 0) is 13.1 Å². The molecule has 118 valence electrons. The SMILES string of the molecule is Cc1cc(NC(=S)NCc2ccco2)nn1Cc1ccccc1. The molecule has 0 atom stereocenters. The van der Waals surface area contributed by atoms with Crippen molar-refractivity contribution < 1.29 is 4.42 Å². The third kappa shape index (κ3) is 4.20. The molecule has 5 nitrogen and oxygen atoms in total. The van der Waals surface area contributed by atoms with Crippen molar-refractivity contribution in [2.45, 2.75) is 20.0 Å². The van der Waals surface area contributed by atoms with Crippen LogP contribution >= 0.6 is 12.2 Å². The van der Waals surface area contributed by atoms with Gasteiger partial charge in [-0.25, -0.2) is 0 Å². The minimum absolute atomic E-state index is 0.519. The summed E-state index contributed by atoms with van der Waals surface area (Å²) in [5, 5.41) is 11.3. The van der Waals surface area contributed by atoms with E-state index < -0.39 is 0 Å². The standard InChI is InChI=1S/C17H18N4OS/c1-13-10-16(19-17(23)18-11-15-8-5-9-22-15)20-21(13)12-14-6-3-2-4-7-14/h2-10H,11-12H2,1H3,(H2,18,19,20,23). The molecule has 0 amide bonds. The Hall–Kier alpha value is -2.60. The van der Waals surface area contributed by atoms with Crippen LogP contribution in [-0.4, -0.2) is 14.9 Å². The zero-order valence-electron chi connectivity index (χ0n) is 12.8. The summed E-state index contributed by atoms with van der Waals surface area (Å²) in [6.45, 7) is 3.31. The topological polar surface area (TPSA) is 55.0 Å². The van der Waals surface area contributed by atoms with Crippen LogP contribution in [0.25, 0.3) is 0 Å². The molecule has 0 bridgehead atoms. The molecular formula is C17H18N4OS. The van der Waals surface area contributed by atoms with Gasteiger partial charge in [0.1, 0.15) is 5.76 Å². The van der Waals surface area contributed by atoms with Gasteiger partial charge in [-0.05, 0) is 36.8 Å². The van der Waals surface area contributed by atoms with Gasteiger partial charge in [-0.2, -0.15) is 5.10 Å². The maximum Gasteiger partial charge on any atom is 0.172 e. The third-order valence-electron chi connectivity index (χ3n) is 3.40. The third-order valence-corrected chi connectivity index (χ3v) is 3.65. The predicted molar refractivity (Wildman–Crippen MR) is 94.3 cm³/mol. The van der Waals surface area contributed by atoms with Crippen molar-refractivity contribution in [1.82, 2.24) is 15.1 Å². The van der Waals surface area contributed by atoms with Crippen LogP contribution in [0.5, 0.6) is 0 Å². The Balaban J connectivity index is 1.58. The molecule has 0 fully saturated rings. The number of hydrogen-bond acceptors (Lipinski definition) is 3.